The topological polar surface area (TPSA) is 109 Å². The third-order valence-corrected chi connectivity index (χ3v) is 3.33. The monoisotopic (exact) mass is 305 g/mol. The maximum Gasteiger partial charge on any atom is 0.294 e. The van der Waals surface area contributed by atoms with E-state index < -0.39 is 16.0 Å². The van der Waals surface area contributed by atoms with Crippen molar-refractivity contribution in [3.63, 3.8) is 0 Å². The van der Waals surface area contributed by atoms with Gasteiger partial charge in [0.15, 0.2) is 0 Å². The van der Waals surface area contributed by atoms with Crippen LogP contribution < -0.4 is 5.43 Å². The molecule has 1 heterocycles. The molecule has 0 spiro atoms. The van der Waals surface area contributed by atoms with Gasteiger partial charge in [-0.3, -0.25) is 14.3 Å². The number of hydrogen-bond donors (Lipinski definition) is 2. The van der Waals surface area contributed by atoms with Crippen molar-refractivity contribution in [2.45, 2.75) is 4.90 Å². The van der Waals surface area contributed by atoms with E-state index >= 15 is 0 Å². The second-order valence-corrected chi connectivity index (χ2v) is 5.40. The lowest BCUT2D eigenvalue weighted by atomic mass is 10.2. The minimum absolute atomic E-state index is 0.244. The van der Waals surface area contributed by atoms with E-state index in [0.29, 0.717) is 11.1 Å². The molecule has 0 saturated heterocycles. The smallest absolute Gasteiger partial charge is 0.282 e. The Morgan fingerprint density at radius 2 is 1.95 bits per heavy atom. The molecule has 1 aromatic heterocycles. The Labute approximate surface area is 121 Å². The number of hydrazone groups is 1. The van der Waals surface area contributed by atoms with Crippen molar-refractivity contribution in [3.05, 3.63) is 59.9 Å². The van der Waals surface area contributed by atoms with Crippen LogP contribution in [0.2, 0.25) is 0 Å². The maximum atomic E-state index is 11.7. The van der Waals surface area contributed by atoms with Crippen LogP contribution in [0, 0.1) is 0 Å². The Morgan fingerprint density at radius 1 is 1.24 bits per heavy atom. The highest BCUT2D eigenvalue weighted by atomic mass is 32.2. The summed E-state index contributed by atoms with van der Waals surface area (Å²) in [4.78, 5) is 15.2. The van der Waals surface area contributed by atoms with E-state index in [1.165, 1.54) is 48.9 Å². The van der Waals surface area contributed by atoms with E-state index in [4.69, 9.17) is 4.55 Å². The Morgan fingerprint density at radius 3 is 2.62 bits per heavy atom. The first kappa shape index (κ1) is 14.8. The first-order chi connectivity index (χ1) is 9.97. The quantitative estimate of drug-likeness (QED) is 0.499. The Bertz CT molecular complexity index is 773. The molecule has 108 valence electrons. The van der Waals surface area contributed by atoms with Gasteiger partial charge in [-0.1, -0.05) is 12.1 Å². The molecular weight excluding hydrogens is 294 g/mol. The summed E-state index contributed by atoms with van der Waals surface area (Å²) in [6.45, 7) is 0. The van der Waals surface area contributed by atoms with Gasteiger partial charge in [0.05, 0.1) is 11.1 Å². The molecule has 0 atom stereocenters. The minimum atomic E-state index is -4.27. The zero-order valence-corrected chi connectivity index (χ0v) is 11.5. The van der Waals surface area contributed by atoms with Gasteiger partial charge in [0.2, 0.25) is 0 Å². The van der Waals surface area contributed by atoms with Gasteiger partial charge >= 0.3 is 0 Å². The summed E-state index contributed by atoms with van der Waals surface area (Å²) in [6, 6.07) is 8.58. The van der Waals surface area contributed by atoms with Gasteiger partial charge in [-0.15, -0.1) is 0 Å². The normalized spacial score (nSPS) is 11.5. The zero-order chi connectivity index (χ0) is 15.3. The van der Waals surface area contributed by atoms with E-state index in [1.54, 1.807) is 6.07 Å². The van der Waals surface area contributed by atoms with E-state index in [9.17, 15) is 13.2 Å². The van der Waals surface area contributed by atoms with E-state index in [-0.39, 0.29) is 4.90 Å². The third kappa shape index (κ3) is 4.20. The third-order valence-electron chi connectivity index (χ3n) is 2.48. The molecule has 1 aromatic carbocycles. The molecule has 0 fully saturated rings. The lowest BCUT2D eigenvalue weighted by molar-refractivity contribution is 0.0955. The summed E-state index contributed by atoms with van der Waals surface area (Å²) in [5.41, 5.74) is 3.11. The fourth-order valence-corrected chi connectivity index (χ4v) is 2.02. The predicted molar refractivity (Wildman–Crippen MR) is 75.6 cm³/mol. The molecular formula is C13H11N3O4S. The molecule has 0 aliphatic rings. The average molecular weight is 305 g/mol. The van der Waals surface area contributed by atoms with Crippen molar-refractivity contribution < 1.29 is 17.8 Å². The minimum Gasteiger partial charge on any atom is -0.282 e. The molecule has 0 aliphatic heterocycles. The van der Waals surface area contributed by atoms with Crippen LogP contribution in [-0.2, 0) is 10.1 Å². The van der Waals surface area contributed by atoms with Gasteiger partial charge in [0.1, 0.15) is 0 Å². The summed E-state index contributed by atoms with van der Waals surface area (Å²) in [5.74, 6) is -0.417. The lowest BCUT2D eigenvalue weighted by Gasteiger charge is -2.00. The van der Waals surface area contributed by atoms with Crippen molar-refractivity contribution in [1.29, 1.82) is 0 Å². The van der Waals surface area contributed by atoms with Crippen LogP contribution in [0.1, 0.15) is 15.9 Å². The maximum absolute atomic E-state index is 11.7. The number of benzene rings is 1. The summed E-state index contributed by atoms with van der Waals surface area (Å²) >= 11 is 0. The first-order valence-corrected chi connectivity index (χ1v) is 7.22. The number of carbonyl (C=O) groups excluding carboxylic acids is 1. The van der Waals surface area contributed by atoms with Crippen molar-refractivity contribution >= 4 is 22.2 Å². The van der Waals surface area contributed by atoms with Crippen LogP contribution in [0.5, 0.6) is 0 Å². The molecule has 0 saturated carbocycles. The van der Waals surface area contributed by atoms with Gasteiger partial charge in [0, 0.05) is 18.0 Å². The molecule has 2 rings (SSSR count). The lowest BCUT2D eigenvalue weighted by Crippen LogP contribution is -2.17. The summed E-state index contributed by atoms with van der Waals surface area (Å²) in [7, 11) is -4.27. The molecule has 1 amide bonds. The van der Waals surface area contributed by atoms with Crippen LogP contribution in [0.25, 0.3) is 0 Å². The van der Waals surface area contributed by atoms with Gasteiger partial charge in [-0.25, -0.2) is 5.43 Å². The zero-order valence-electron chi connectivity index (χ0n) is 10.7. The van der Waals surface area contributed by atoms with Gasteiger partial charge in [-0.2, -0.15) is 13.5 Å². The summed E-state index contributed by atoms with van der Waals surface area (Å²) in [5, 5.41) is 3.72. The number of rotatable bonds is 4. The van der Waals surface area contributed by atoms with Gasteiger partial charge in [-0.05, 0) is 29.8 Å². The summed E-state index contributed by atoms with van der Waals surface area (Å²) in [6.07, 6.45) is 4.23. The fourth-order valence-electron chi connectivity index (χ4n) is 1.49. The van der Waals surface area contributed by atoms with Gasteiger partial charge in [0.25, 0.3) is 16.0 Å². The van der Waals surface area contributed by atoms with Crippen LogP contribution in [0.4, 0.5) is 0 Å². The molecule has 2 aromatic rings. The molecule has 0 aliphatic carbocycles. The van der Waals surface area contributed by atoms with E-state index in [0.717, 1.165) is 0 Å². The highest BCUT2D eigenvalue weighted by Gasteiger charge is 2.08. The van der Waals surface area contributed by atoms with E-state index in [1.807, 2.05) is 0 Å². The number of nitrogens with one attached hydrogen (secondary N) is 1. The molecule has 2 N–H and O–H groups in total. The van der Waals surface area contributed by atoms with Crippen molar-refractivity contribution in [1.82, 2.24) is 10.4 Å². The average Bonchev–Trinajstić information content (AvgIpc) is 2.47. The highest BCUT2D eigenvalue weighted by molar-refractivity contribution is 7.85. The molecule has 7 nitrogen and oxygen atoms in total. The standard InChI is InChI=1S/C13H11N3O4S/c17-13(11-4-6-14-7-5-11)16-15-9-10-2-1-3-12(8-10)21(18,19)20/h1-9H,(H,16,17)(H,18,19,20). The van der Waals surface area contributed by atoms with Crippen LogP contribution in [0.15, 0.2) is 58.8 Å². The molecule has 8 heteroatoms. The Kier molecular flexibility index (Phi) is 4.41. The second-order valence-electron chi connectivity index (χ2n) is 3.98. The Hall–Kier alpha value is -2.58. The summed E-state index contributed by atoms with van der Waals surface area (Å²) < 4.78 is 30.9. The molecule has 21 heavy (non-hydrogen) atoms. The number of pyridine rings is 1. The molecule has 0 radical (unpaired) electrons. The molecule has 0 unspecified atom stereocenters. The Balaban J connectivity index is 2.07. The second kappa shape index (κ2) is 6.25. The number of amides is 1. The number of nitrogens with zero attached hydrogens (tertiary/aromatic N) is 2. The van der Waals surface area contributed by atoms with Crippen molar-refractivity contribution in [3.8, 4) is 0 Å². The van der Waals surface area contributed by atoms with Crippen LogP contribution in [-0.4, -0.2) is 30.1 Å². The number of hydrogen-bond acceptors (Lipinski definition) is 5. The van der Waals surface area contributed by atoms with E-state index in [2.05, 4.69) is 15.5 Å². The van der Waals surface area contributed by atoms with Crippen molar-refractivity contribution in [2.75, 3.05) is 0 Å². The highest BCUT2D eigenvalue weighted by Crippen LogP contribution is 2.09. The largest absolute Gasteiger partial charge is 0.294 e. The predicted octanol–water partition coefficient (Wildman–Crippen LogP) is 1.09. The fraction of sp³-hybridized carbons (Fsp3) is 0. The van der Waals surface area contributed by atoms with Crippen LogP contribution in [0.3, 0.4) is 0 Å². The number of aromatic nitrogens is 1. The first-order valence-electron chi connectivity index (χ1n) is 5.78. The molecule has 0 bridgehead atoms. The SMILES string of the molecule is O=C(NN=Cc1cccc(S(=O)(=O)O)c1)c1ccncc1. The van der Waals surface area contributed by atoms with Crippen molar-refractivity contribution in [2.24, 2.45) is 5.10 Å². The van der Waals surface area contributed by atoms with Crippen LogP contribution >= 0.6 is 0 Å². The van der Waals surface area contributed by atoms with Gasteiger partial charge < -0.3 is 0 Å². The number of carbonyl (C=O) groups is 1.